The Morgan fingerprint density at radius 3 is 2.67 bits per heavy atom. The van der Waals surface area contributed by atoms with Crippen molar-refractivity contribution in [2.24, 2.45) is 5.41 Å². The van der Waals surface area contributed by atoms with Gasteiger partial charge >= 0.3 is 0 Å². The molecule has 0 amide bonds. The number of alkyl halides is 1. The van der Waals surface area contributed by atoms with Gasteiger partial charge in [0.15, 0.2) is 0 Å². The van der Waals surface area contributed by atoms with E-state index in [1.165, 1.54) is 12.8 Å². The first-order valence-corrected chi connectivity index (χ1v) is 6.48. The van der Waals surface area contributed by atoms with Crippen LogP contribution in [0.4, 0.5) is 0 Å². The second kappa shape index (κ2) is 6.07. The van der Waals surface area contributed by atoms with Crippen molar-refractivity contribution in [2.75, 3.05) is 19.0 Å². The third-order valence-corrected chi connectivity index (χ3v) is 3.28. The molecule has 0 radical (unpaired) electrons. The second-order valence-corrected chi connectivity index (χ2v) is 5.82. The molecule has 1 N–H and O–H groups in total. The van der Waals surface area contributed by atoms with Gasteiger partial charge in [0.1, 0.15) is 0 Å². The molecule has 0 aromatic rings. The third kappa shape index (κ3) is 4.71. The van der Waals surface area contributed by atoms with E-state index in [-0.39, 0.29) is 5.41 Å². The zero-order valence-corrected chi connectivity index (χ0v) is 10.9. The molecule has 1 aliphatic heterocycles. The van der Waals surface area contributed by atoms with E-state index in [9.17, 15) is 0 Å². The molecule has 3 heteroatoms. The molecule has 0 spiro atoms. The molecule has 1 rings (SSSR count). The van der Waals surface area contributed by atoms with Gasteiger partial charge in [-0.3, -0.25) is 0 Å². The summed E-state index contributed by atoms with van der Waals surface area (Å²) < 4.78 is 5.60. The number of hydrogen-bond acceptors (Lipinski definition) is 2. The van der Waals surface area contributed by atoms with E-state index in [2.05, 4.69) is 26.1 Å². The molecule has 0 aliphatic carbocycles. The predicted molar refractivity (Wildman–Crippen MR) is 65.6 cm³/mol. The third-order valence-electron chi connectivity index (χ3n) is 3.06. The quantitative estimate of drug-likeness (QED) is 0.738. The van der Waals surface area contributed by atoms with Crippen LogP contribution < -0.4 is 5.32 Å². The minimum atomic E-state index is 0.271. The summed E-state index contributed by atoms with van der Waals surface area (Å²) in [4.78, 5) is 0. The molecule has 0 saturated carbocycles. The molecule has 90 valence electrons. The summed E-state index contributed by atoms with van der Waals surface area (Å²) in [6, 6.07) is 0.485. The van der Waals surface area contributed by atoms with E-state index in [4.69, 9.17) is 16.3 Å². The second-order valence-electron chi connectivity index (χ2n) is 5.44. The lowest BCUT2D eigenvalue weighted by Gasteiger charge is -2.32. The van der Waals surface area contributed by atoms with Gasteiger partial charge < -0.3 is 10.1 Å². The lowest BCUT2D eigenvalue weighted by Crippen LogP contribution is -2.43. The van der Waals surface area contributed by atoms with E-state index in [1.807, 2.05) is 0 Å². The first-order chi connectivity index (χ1) is 7.04. The highest BCUT2D eigenvalue weighted by atomic mass is 35.5. The van der Waals surface area contributed by atoms with Crippen molar-refractivity contribution in [2.45, 2.75) is 52.2 Å². The van der Waals surface area contributed by atoms with E-state index >= 15 is 0 Å². The van der Waals surface area contributed by atoms with E-state index in [0.717, 1.165) is 25.5 Å². The molecule has 0 bridgehead atoms. The van der Waals surface area contributed by atoms with Crippen LogP contribution in [0.3, 0.4) is 0 Å². The molecule has 1 aliphatic rings. The molecular formula is C12H24ClNO. The zero-order chi connectivity index (χ0) is 11.3. The van der Waals surface area contributed by atoms with Gasteiger partial charge in [0, 0.05) is 25.1 Å². The molecule has 15 heavy (non-hydrogen) atoms. The summed E-state index contributed by atoms with van der Waals surface area (Å²) in [6.07, 6.45) is 3.86. The van der Waals surface area contributed by atoms with Crippen LogP contribution in [0.25, 0.3) is 0 Å². The van der Waals surface area contributed by atoms with Gasteiger partial charge in [0.05, 0.1) is 6.10 Å². The van der Waals surface area contributed by atoms with Crippen molar-refractivity contribution in [1.29, 1.82) is 0 Å². The van der Waals surface area contributed by atoms with Crippen molar-refractivity contribution >= 4 is 11.6 Å². The molecule has 1 fully saturated rings. The highest BCUT2D eigenvalue weighted by Gasteiger charge is 2.25. The Hall–Kier alpha value is 0.210. The van der Waals surface area contributed by atoms with Gasteiger partial charge in [0.2, 0.25) is 0 Å². The van der Waals surface area contributed by atoms with E-state index in [0.29, 0.717) is 12.1 Å². The van der Waals surface area contributed by atoms with Gasteiger partial charge in [-0.05, 0) is 24.7 Å². The molecule has 0 aromatic heterocycles. The average Bonchev–Trinajstić information content (AvgIpc) is 2.62. The number of nitrogens with one attached hydrogen (secondary N) is 1. The van der Waals surface area contributed by atoms with Crippen molar-refractivity contribution in [3.63, 3.8) is 0 Å². The maximum absolute atomic E-state index is 5.83. The predicted octanol–water partition coefficient (Wildman–Crippen LogP) is 2.80. The van der Waals surface area contributed by atoms with Gasteiger partial charge in [-0.2, -0.15) is 0 Å². The normalized spacial score (nSPS) is 24.4. The van der Waals surface area contributed by atoms with Crippen molar-refractivity contribution < 1.29 is 4.74 Å². The van der Waals surface area contributed by atoms with Crippen molar-refractivity contribution in [3.8, 4) is 0 Å². The van der Waals surface area contributed by atoms with E-state index in [1.54, 1.807) is 0 Å². The SMILES string of the molecule is CC(C)(C)C(CCCl)NCC1CCCO1. The number of halogens is 1. The average molecular weight is 234 g/mol. The molecule has 1 saturated heterocycles. The molecular weight excluding hydrogens is 210 g/mol. The van der Waals surface area contributed by atoms with Crippen LogP contribution in [0.1, 0.15) is 40.0 Å². The Bertz CT molecular complexity index is 173. The minimum Gasteiger partial charge on any atom is -0.377 e. The Kier molecular flexibility index (Phi) is 5.37. The largest absolute Gasteiger partial charge is 0.377 e. The minimum absolute atomic E-state index is 0.271. The van der Waals surface area contributed by atoms with Crippen LogP contribution >= 0.6 is 11.6 Å². The van der Waals surface area contributed by atoms with E-state index < -0.39 is 0 Å². The first-order valence-electron chi connectivity index (χ1n) is 5.95. The number of rotatable bonds is 5. The lowest BCUT2D eigenvalue weighted by molar-refractivity contribution is 0.101. The summed E-state index contributed by atoms with van der Waals surface area (Å²) in [5.41, 5.74) is 0.271. The van der Waals surface area contributed by atoms with Gasteiger partial charge in [-0.25, -0.2) is 0 Å². The summed E-state index contributed by atoms with van der Waals surface area (Å²) in [6.45, 7) is 8.67. The standard InChI is InChI=1S/C12H24ClNO/c1-12(2,3)11(6-7-13)14-9-10-5-4-8-15-10/h10-11,14H,4-9H2,1-3H3. The van der Waals surface area contributed by atoms with Crippen molar-refractivity contribution in [3.05, 3.63) is 0 Å². The fourth-order valence-corrected chi connectivity index (χ4v) is 2.25. The number of hydrogen-bond donors (Lipinski definition) is 1. The van der Waals surface area contributed by atoms with Gasteiger partial charge in [0.25, 0.3) is 0 Å². The number of ether oxygens (including phenoxy) is 1. The maximum Gasteiger partial charge on any atom is 0.0700 e. The molecule has 0 aromatic carbocycles. The summed E-state index contributed by atoms with van der Waals surface area (Å²) in [5, 5.41) is 3.59. The van der Waals surface area contributed by atoms with Crippen LogP contribution in [-0.2, 0) is 4.74 Å². The van der Waals surface area contributed by atoms with Gasteiger partial charge in [-0.15, -0.1) is 11.6 Å². The maximum atomic E-state index is 5.83. The summed E-state index contributed by atoms with van der Waals surface area (Å²) in [5.74, 6) is 0.723. The van der Waals surface area contributed by atoms with Crippen LogP contribution in [0.2, 0.25) is 0 Å². The topological polar surface area (TPSA) is 21.3 Å². The van der Waals surface area contributed by atoms with Crippen molar-refractivity contribution in [1.82, 2.24) is 5.32 Å². The zero-order valence-electron chi connectivity index (χ0n) is 10.2. The fourth-order valence-electron chi connectivity index (χ4n) is 2.03. The Morgan fingerprint density at radius 2 is 2.20 bits per heavy atom. The molecule has 2 unspecified atom stereocenters. The highest BCUT2D eigenvalue weighted by Crippen LogP contribution is 2.22. The van der Waals surface area contributed by atoms with Crippen LogP contribution in [0.15, 0.2) is 0 Å². The molecule has 2 nitrogen and oxygen atoms in total. The summed E-state index contributed by atoms with van der Waals surface area (Å²) in [7, 11) is 0. The Labute approximate surface area is 98.7 Å². The van der Waals surface area contributed by atoms with Crippen LogP contribution in [-0.4, -0.2) is 31.2 Å². The molecule has 2 atom stereocenters. The Balaban J connectivity index is 2.30. The first kappa shape index (κ1) is 13.3. The lowest BCUT2D eigenvalue weighted by atomic mass is 9.85. The highest BCUT2D eigenvalue weighted by molar-refractivity contribution is 6.17. The smallest absolute Gasteiger partial charge is 0.0700 e. The fraction of sp³-hybridized carbons (Fsp3) is 1.00. The molecule has 1 heterocycles. The van der Waals surface area contributed by atoms with Crippen LogP contribution in [0, 0.1) is 5.41 Å². The Morgan fingerprint density at radius 1 is 1.47 bits per heavy atom. The summed E-state index contributed by atoms with van der Waals surface area (Å²) >= 11 is 5.83. The van der Waals surface area contributed by atoms with Crippen LogP contribution in [0.5, 0.6) is 0 Å². The monoisotopic (exact) mass is 233 g/mol. The van der Waals surface area contributed by atoms with Gasteiger partial charge in [-0.1, -0.05) is 20.8 Å².